The van der Waals surface area contributed by atoms with Crippen LogP contribution in [0.2, 0.25) is 0 Å². The largest absolute Gasteiger partial charge is 0.481 e. The van der Waals surface area contributed by atoms with E-state index in [4.69, 9.17) is 4.74 Å². The Kier molecular flexibility index (Phi) is 4.08. The van der Waals surface area contributed by atoms with Crippen LogP contribution in [0.5, 0.6) is 0 Å². The fraction of sp³-hybridized carbons (Fsp3) is 0.933. The molecular formula is C15H24O3S. The van der Waals surface area contributed by atoms with Crippen LogP contribution in [0.15, 0.2) is 0 Å². The van der Waals surface area contributed by atoms with Crippen LogP contribution in [-0.4, -0.2) is 34.8 Å². The fourth-order valence-electron chi connectivity index (χ4n) is 4.38. The normalized spacial score (nSPS) is 38.4. The van der Waals surface area contributed by atoms with Crippen LogP contribution in [0.3, 0.4) is 0 Å². The third-order valence-electron chi connectivity index (χ3n) is 5.43. The van der Waals surface area contributed by atoms with Crippen molar-refractivity contribution in [3.63, 3.8) is 0 Å². The van der Waals surface area contributed by atoms with Crippen molar-refractivity contribution in [1.29, 1.82) is 0 Å². The molecule has 3 aliphatic rings. The molecule has 2 aliphatic heterocycles. The maximum Gasteiger partial charge on any atom is 0.306 e. The number of carbonyl (C=O) groups is 1. The van der Waals surface area contributed by atoms with Crippen LogP contribution in [0.25, 0.3) is 0 Å². The SMILES string of the molecule is O=C(O)C1CCCC1C1CCOC2(CCSCC2)C1. The van der Waals surface area contributed by atoms with E-state index in [1.165, 1.54) is 24.3 Å². The average molecular weight is 284 g/mol. The average Bonchev–Trinajstić information content (AvgIpc) is 2.89. The zero-order valence-electron chi connectivity index (χ0n) is 11.5. The molecule has 0 radical (unpaired) electrons. The van der Waals surface area contributed by atoms with Gasteiger partial charge >= 0.3 is 5.97 Å². The maximum absolute atomic E-state index is 11.4. The summed E-state index contributed by atoms with van der Waals surface area (Å²) in [4.78, 5) is 11.4. The Labute approximate surface area is 119 Å². The van der Waals surface area contributed by atoms with Crippen LogP contribution in [0.1, 0.15) is 44.9 Å². The van der Waals surface area contributed by atoms with Gasteiger partial charge in [0.25, 0.3) is 0 Å². The minimum absolute atomic E-state index is 0.0851. The van der Waals surface area contributed by atoms with Crippen LogP contribution in [-0.2, 0) is 9.53 Å². The second kappa shape index (κ2) is 5.65. The predicted molar refractivity (Wildman–Crippen MR) is 76.4 cm³/mol. The summed E-state index contributed by atoms with van der Waals surface area (Å²) in [6.45, 7) is 0.845. The van der Waals surface area contributed by atoms with Gasteiger partial charge in [-0.3, -0.25) is 4.79 Å². The molecule has 4 heteroatoms. The molecular weight excluding hydrogens is 260 g/mol. The van der Waals surface area contributed by atoms with Gasteiger partial charge < -0.3 is 9.84 Å². The zero-order chi connectivity index (χ0) is 13.3. The van der Waals surface area contributed by atoms with Gasteiger partial charge in [0.2, 0.25) is 0 Å². The quantitative estimate of drug-likeness (QED) is 0.846. The van der Waals surface area contributed by atoms with Crippen LogP contribution >= 0.6 is 11.8 Å². The number of carboxylic acids is 1. The Morgan fingerprint density at radius 2 is 2.00 bits per heavy atom. The van der Waals surface area contributed by atoms with Gasteiger partial charge in [-0.1, -0.05) is 6.42 Å². The van der Waals surface area contributed by atoms with Gasteiger partial charge in [-0.05, 0) is 61.9 Å². The molecule has 1 spiro atoms. The Hall–Kier alpha value is -0.220. The van der Waals surface area contributed by atoms with Gasteiger partial charge in [-0.25, -0.2) is 0 Å². The molecule has 1 aliphatic carbocycles. The number of thioether (sulfide) groups is 1. The van der Waals surface area contributed by atoms with Crippen molar-refractivity contribution in [1.82, 2.24) is 0 Å². The number of aliphatic carboxylic acids is 1. The molecule has 0 aromatic carbocycles. The van der Waals surface area contributed by atoms with E-state index in [1.807, 2.05) is 11.8 Å². The number of hydrogen-bond acceptors (Lipinski definition) is 3. The summed E-state index contributed by atoms with van der Waals surface area (Å²) in [6.07, 6.45) is 7.62. The van der Waals surface area contributed by atoms with Crippen molar-refractivity contribution in [2.45, 2.75) is 50.5 Å². The van der Waals surface area contributed by atoms with E-state index in [1.54, 1.807) is 0 Å². The van der Waals surface area contributed by atoms with Crippen molar-refractivity contribution < 1.29 is 14.6 Å². The Balaban J connectivity index is 1.69. The zero-order valence-corrected chi connectivity index (χ0v) is 12.3. The summed E-state index contributed by atoms with van der Waals surface area (Å²) in [7, 11) is 0. The Morgan fingerprint density at radius 3 is 2.74 bits per heavy atom. The minimum Gasteiger partial charge on any atom is -0.481 e. The first-order valence-electron chi connectivity index (χ1n) is 7.65. The highest BCUT2D eigenvalue weighted by Gasteiger charge is 2.45. The highest BCUT2D eigenvalue weighted by atomic mass is 32.2. The van der Waals surface area contributed by atoms with E-state index in [9.17, 15) is 9.90 Å². The molecule has 3 unspecified atom stereocenters. The van der Waals surface area contributed by atoms with E-state index < -0.39 is 5.97 Å². The molecule has 19 heavy (non-hydrogen) atoms. The molecule has 3 fully saturated rings. The van der Waals surface area contributed by atoms with Gasteiger partial charge in [-0.15, -0.1) is 0 Å². The van der Waals surface area contributed by atoms with Crippen molar-refractivity contribution in [3.05, 3.63) is 0 Å². The van der Waals surface area contributed by atoms with Crippen molar-refractivity contribution in [2.24, 2.45) is 17.8 Å². The molecule has 2 heterocycles. The summed E-state index contributed by atoms with van der Waals surface area (Å²) >= 11 is 2.03. The monoisotopic (exact) mass is 284 g/mol. The molecule has 0 amide bonds. The first-order chi connectivity index (χ1) is 9.20. The summed E-state index contributed by atoms with van der Waals surface area (Å²) in [5, 5.41) is 9.38. The number of rotatable bonds is 2. The number of hydrogen-bond donors (Lipinski definition) is 1. The third kappa shape index (κ3) is 2.80. The van der Waals surface area contributed by atoms with Gasteiger partial charge in [0.15, 0.2) is 0 Å². The summed E-state index contributed by atoms with van der Waals surface area (Å²) in [5.74, 6) is 2.76. The molecule has 0 bridgehead atoms. The maximum atomic E-state index is 11.4. The summed E-state index contributed by atoms with van der Waals surface area (Å²) in [5.41, 5.74) is 0.0970. The lowest BCUT2D eigenvalue weighted by molar-refractivity contribution is -0.147. The number of carboxylic acid groups (broad SMARTS) is 1. The third-order valence-corrected chi connectivity index (χ3v) is 6.41. The molecule has 1 saturated carbocycles. The fourth-order valence-corrected chi connectivity index (χ4v) is 5.62. The molecule has 3 atom stereocenters. The number of ether oxygens (including phenoxy) is 1. The van der Waals surface area contributed by atoms with Crippen molar-refractivity contribution >= 4 is 17.7 Å². The molecule has 3 rings (SSSR count). The van der Waals surface area contributed by atoms with Gasteiger partial charge in [0.1, 0.15) is 0 Å². The highest BCUT2D eigenvalue weighted by molar-refractivity contribution is 7.99. The lowest BCUT2D eigenvalue weighted by Gasteiger charge is -2.45. The molecule has 1 N–H and O–H groups in total. The second-order valence-electron chi connectivity index (χ2n) is 6.44. The lowest BCUT2D eigenvalue weighted by Crippen LogP contribution is -2.45. The summed E-state index contributed by atoms with van der Waals surface area (Å²) < 4.78 is 6.13. The van der Waals surface area contributed by atoms with Crippen molar-refractivity contribution in [2.75, 3.05) is 18.1 Å². The first kappa shape index (κ1) is 13.7. The minimum atomic E-state index is -0.567. The molecule has 108 valence electrons. The Bertz CT molecular complexity index is 333. The first-order valence-corrected chi connectivity index (χ1v) is 8.80. The molecule has 3 nitrogen and oxygen atoms in total. The van der Waals surface area contributed by atoms with Crippen LogP contribution in [0, 0.1) is 17.8 Å². The van der Waals surface area contributed by atoms with E-state index in [2.05, 4.69) is 0 Å². The van der Waals surface area contributed by atoms with E-state index in [0.29, 0.717) is 11.8 Å². The predicted octanol–water partition coefficient (Wildman–Crippen LogP) is 3.18. The smallest absolute Gasteiger partial charge is 0.306 e. The van der Waals surface area contributed by atoms with Gasteiger partial charge in [-0.2, -0.15) is 11.8 Å². The Morgan fingerprint density at radius 1 is 1.21 bits per heavy atom. The molecule has 0 aromatic heterocycles. The topological polar surface area (TPSA) is 46.5 Å². The standard InChI is InChI=1S/C15H24O3S/c16-14(17)13-3-1-2-12(13)11-4-7-18-15(10-11)5-8-19-9-6-15/h11-13H,1-10H2,(H,16,17). The lowest BCUT2D eigenvalue weighted by atomic mass is 9.73. The van der Waals surface area contributed by atoms with E-state index in [0.717, 1.165) is 38.7 Å². The van der Waals surface area contributed by atoms with Crippen molar-refractivity contribution in [3.8, 4) is 0 Å². The highest BCUT2D eigenvalue weighted by Crippen LogP contribution is 2.47. The van der Waals surface area contributed by atoms with Crippen LogP contribution < -0.4 is 0 Å². The van der Waals surface area contributed by atoms with Gasteiger partial charge in [0, 0.05) is 6.61 Å². The molecule has 2 saturated heterocycles. The van der Waals surface area contributed by atoms with E-state index in [-0.39, 0.29) is 11.5 Å². The van der Waals surface area contributed by atoms with Crippen LogP contribution in [0.4, 0.5) is 0 Å². The van der Waals surface area contributed by atoms with E-state index >= 15 is 0 Å². The van der Waals surface area contributed by atoms with Gasteiger partial charge in [0.05, 0.1) is 11.5 Å². The molecule has 0 aromatic rings. The summed E-state index contributed by atoms with van der Waals surface area (Å²) in [6, 6.07) is 0. The second-order valence-corrected chi connectivity index (χ2v) is 7.66.